The minimum Gasteiger partial charge on any atom is -0.315 e. The Labute approximate surface area is 74.0 Å². The summed E-state index contributed by atoms with van der Waals surface area (Å²) >= 11 is 0. The number of hydrogen-bond donors (Lipinski definition) is 1. The molecular weight excluding hydrogens is 148 g/mol. The molecular formula is C10H16N2. The van der Waals surface area contributed by atoms with Crippen molar-refractivity contribution in [3.63, 3.8) is 0 Å². The summed E-state index contributed by atoms with van der Waals surface area (Å²) in [6, 6.07) is 2.46. The fraction of sp³-hybridized carbons (Fsp3) is 0.900. The van der Waals surface area contributed by atoms with Crippen LogP contribution in [0.1, 0.15) is 26.2 Å². The van der Waals surface area contributed by atoms with Gasteiger partial charge in [-0.1, -0.05) is 13.3 Å². The van der Waals surface area contributed by atoms with Gasteiger partial charge in [0.1, 0.15) is 0 Å². The summed E-state index contributed by atoms with van der Waals surface area (Å²) < 4.78 is 0. The van der Waals surface area contributed by atoms with Crippen LogP contribution in [0.3, 0.4) is 0 Å². The molecule has 0 radical (unpaired) electrons. The van der Waals surface area contributed by atoms with Crippen LogP contribution >= 0.6 is 0 Å². The molecule has 1 heterocycles. The van der Waals surface area contributed by atoms with Crippen molar-refractivity contribution < 1.29 is 0 Å². The van der Waals surface area contributed by atoms with Crippen LogP contribution in [0.15, 0.2) is 0 Å². The van der Waals surface area contributed by atoms with E-state index in [1.165, 1.54) is 19.3 Å². The summed E-state index contributed by atoms with van der Waals surface area (Å²) in [5.74, 6) is 0.972. The summed E-state index contributed by atoms with van der Waals surface area (Å²) in [6.07, 6.45) is 3.91. The first kappa shape index (κ1) is 8.07. The Morgan fingerprint density at radius 2 is 2.17 bits per heavy atom. The SMILES string of the molecule is CC1CNCC(C#N)C12CCC2. The quantitative estimate of drug-likeness (QED) is 0.589. The molecule has 2 fully saturated rings. The topological polar surface area (TPSA) is 35.8 Å². The van der Waals surface area contributed by atoms with E-state index < -0.39 is 0 Å². The lowest BCUT2D eigenvalue weighted by Gasteiger charge is -2.52. The van der Waals surface area contributed by atoms with Gasteiger partial charge in [-0.05, 0) is 30.7 Å². The second kappa shape index (κ2) is 2.74. The smallest absolute Gasteiger partial charge is 0.0675 e. The molecule has 66 valence electrons. The zero-order valence-corrected chi connectivity index (χ0v) is 7.64. The van der Waals surface area contributed by atoms with Gasteiger partial charge in [0.15, 0.2) is 0 Å². The molecule has 0 aromatic heterocycles. The zero-order chi connectivity index (χ0) is 8.60. The van der Waals surface area contributed by atoms with E-state index in [-0.39, 0.29) is 5.92 Å². The van der Waals surface area contributed by atoms with E-state index >= 15 is 0 Å². The molecule has 1 N–H and O–H groups in total. The molecule has 0 bridgehead atoms. The van der Waals surface area contributed by atoms with E-state index in [1.807, 2.05) is 0 Å². The van der Waals surface area contributed by atoms with Gasteiger partial charge in [0.2, 0.25) is 0 Å². The molecule has 2 atom stereocenters. The molecule has 12 heavy (non-hydrogen) atoms. The van der Waals surface area contributed by atoms with Crippen molar-refractivity contribution in [1.82, 2.24) is 5.32 Å². The van der Waals surface area contributed by atoms with Gasteiger partial charge in [-0.3, -0.25) is 0 Å². The number of hydrogen-bond acceptors (Lipinski definition) is 2. The first-order valence-electron chi connectivity index (χ1n) is 4.90. The van der Waals surface area contributed by atoms with E-state index in [0.29, 0.717) is 11.3 Å². The number of nitrogens with one attached hydrogen (secondary N) is 1. The van der Waals surface area contributed by atoms with Crippen molar-refractivity contribution in [3.8, 4) is 6.07 Å². The predicted molar refractivity (Wildman–Crippen MR) is 47.4 cm³/mol. The molecule has 2 unspecified atom stereocenters. The molecule has 1 saturated carbocycles. The largest absolute Gasteiger partial charge is 0.315 e. The van der Waals surface area contributed by atoms with Crippen molar-refractivity contribution in [1.29, 1.82) is 5.26 Å². The summed E-state index contributed by atoms with van der Waals surface area (Å²) in [7, 11) is 0. The van der Waals surface area contributed by atoms with Crippen molar-refractivity contribution >= 4 is 0 Å². The molecule has 2 rings (SSSR count). The monoisotopic (exact) mass is 164 g/mol. The van der Waals surface area contributed by atoms with E-state index in [9.17, 15) is 0 Å². The average molecular weight is 164 g/mol. The van der Waals surface area contributed by atoms with Crippen LogP contribution in [0.25, 0.3) is 0 Å². The lowest BCUT2D eigenvalue weighted by Crippen LogP contribution is -2.53. The summed E-state index contributed by atoms with van der Waals surface area (Å²) in [4.78, 5) is 0. The third kappa shape index (κ3) is 0.895. The highest BCUT2D eigenvalue weighted by atomic mass is 14.9. The molecule has 2 aliphatic rings. The van der Waals surface area contributed by atoms with Crippen molar-refractivity contribution in [2.75, 3.05) is 13.1 Å². The van der Waals surface area contributed by atoms with Gasteiger partial charge < -0.3 is 5.32 Å². The predicted octanol–water partition coefficient (Wildman–Crippen LogP) is 1.54. The molecule has 2 heteroatoms. The van der Waals surface area contributed by atoms with Crippen molar-refractivity contribution in [2.24, 2.45) is 17.3 Å². The fourth-order valence-corrected chi connectivity index (χ4v) is 2.79. The van der Waals surface area contributed by atoms with Crippen LogP contribution in [0.2, 0.25) is 0 Å². The average Bonchev–Trinajstić information content (AvgIpc) is 2.00. The Hall–Kier alpha value is -0.550. The molecule has 1 saturated heterocycles. The van der Waals surface area contributed by atoms with Crippen molar-refractivity contribution in [2.45, 2.75) is 26.2 Å². The van der Waals surface area contributed by atoms with Gasteiger partial charge in [0.05, 0.1) is 12.0 Å². The fourth-order valence-electron chi connectivity index (χ4n) is 2.79. The van der Waals surface area contributed by atoms with Crippen LogP contribution in [0.5, 0.6) is 0 Å². The minimum atomic E-state index is 0.273. The summed E-state index contributed by atoms with van der Waals surface area (Å²) in [5, 5.41) is 12.4. The Kier molecular flexibility index (Phi) is 1.84. The molecule has 1 aliphatic carbocycles. The maximum Gasteiger partial charge on any atom is 0.0675 e. The standard InChI is InChI=1S/C10H16N2/c1-8-6-12-7-9(5-11)10(8)3-2-4-10/h8-9,12H,2-4,6-7H2,1H3. The lowest BCUT2D eigenvalue weighted by molar-refractivity contribution is -0.00831. The first-order valence-corrected chi connectivity index (χ1v) is 4.90. The molecule has 0 amide bonds. The summed E-state index contributed by atoms with van der Waals surface area (Å²) in [5.41, 5.74) is 0.403. The number of piperidine rings is 1. The van der Waals surface area contributed by atoms with Gasteiger partial charge >= 0.3 is 0 Å². The van der Waals surface area contributed by atoms with Crippen LogP contribution in [-0.4, -0.2) is 13.1 Å². The van der Waals surface area contributed by atoms with Gasteiger partial charge in [-0.2, -0.15) is 5.26 Å². The maximum atomic E-state index is 9.02. The second-order valence-corrected chi connectivity index (χ2v) is 4.33. The van der Waals surface area contributed by atoms with E-state index in [2.05, 4.69) is 18.3 Å². The van der Waals surface area contributed by atoms with Crippen LogP contribution in [0, 0.1) is 28.6 Å². The lowest BCUT2D eigenvalue weighted by atomic mass is 9.54. The zero-order valence-electron chi connectivity index (χ0n) is 7.64. The highest BCUT2D eigenvalue weighted by molar-refractivity contribution is 5.08. The third-order valence-electron chi connectivity index (χ3n) is 3.91. The van der Waals surface area contributed by atoms with Crippen LogP contribution < -0.4 is 5.32 Å². The van der Waals surface area contributed by atoms with Crippen LogP contribution in [0.4, 0.5) is 0 Å². The summed E-state index contributed by atoms with van der Waals surface area (Å²) in [6.45, 7) is 4.31. The molecule has 0 aromatic carbocycles. The van der Waals surface area contributed by atoms with Gasteiger partial charge in [0.25, 0.3) is 0 Å². The Balaban J connectivity index is 2.18. The van der Waals surface area contributed by atoms with Gasteiger partial charge in [0, 0.05) is 6.54 Å². The van der Waals surface area contributed by atoms with Crippen LogP contribution in [-0.2, 0) is 0 Å². The number of nitriles is 1. The Morgan fingerprint density at radius 1 is 1.42 bits per heavy atom. The normalized spacial score (nSPS) is 38.7. The number of rotatable bonds is 0. The Morgan fingerprint density at radius 3 is 2.58 bits per heavy atom. The van der Waals surface area contributed by atoms with E-state index in [1.54, 1.807) is 0 Å². The van der Waals surface area contributed by atoms with Crippen molar-refractivity contribution in [3.05, 3.63) is 0 Å². The third-order valence-corrected chi connectivity index (χ3v) is 3.91. The molecule has 2 nitrogen and oxygen atoms in total. The van der Waals surface area contributed by atoms with Gasteiger partial charge in [-0.25, -0.2) is 0 Å². The molecule has 0 aromatic rings. The minimum absolute atomic E-state index is 0.273. The van der Waals surface area contributed by atoms with Gasteiger partial charge in [-0.15, -0.1) is 0 Å². The number of nitrogens with zero attached hydrogens (tertiary/aromatic N) is 1. The molecule has 1 spiro atoms. The van der Waals surface area contributed by atoms with E-state index in [4.69, 9.17) is 5.26 Å². The highest BCUT2D eigenvalue weighted by Gasteiger charge is 2.49. The van der Waals surface area contributed by atoms with E-state index in [0.717, 1.165) is 13.1 Å². The second-order valence-electron chi connectivity index (χ2n) is 4.33. The Bertz CT molecular complexity index is 212. The molecule has 1 aliphatic heterocycles. The first-order chi connectivity index (χ1) is 5.79. The maximum absolute atomic E-state index is 9.02. The highest BCUT2D eigenvalue weighted by Crippen LogP contribution is 2.53.